The van der Waals surface area contributed by atoms with E-state index in [1.807, 2.05) is 30.3 Å². The topological polar surface area (TPSA) is 42.4 Å². The summed E-state index contributed by atoms with van der Waals surface area (Å²) in [6, 6.07) is 11.7. The molecule has 0 amide bonds. The van der Waals surface area contributed by atoms with Gasteiger partial charge in [-0.25, -0.2) is 0 Å². The normalized spacial score (nSPS) is 18.3. The fraction of sp³-hybridized carbons (Fsp3) is 0.333. The average Bonchev–Trinajstić information content (AvgIpc) is 2.98. The molecule has 2 aromatic rings. The Bertz CT molecular complexity index is 657. The zero-order valence-electron chi connectivity index (χ0n) is 12.7. The highest BCUT2D eigenvalue weighted by molar-refractivity contribution is 5.79. The number of carbonyl (C=O) groups excluding carboxylic acids is 1. The number of ether oxygens (including phenoxy) is 1. The van der Waals surface area contributed by atoms with Crippen molar-refractivity contribution in [1.29, 1.82) is 0 Å². The summed E-state index contributed by atoms with van der Waals surface area (Å²) >= 11 is 0. The lowest BCUT2D eigenvalue weighted by Crippen LogP contribution is -2.30. The van der Waals surface area contributed by atoms with Crippen LogP contribution in [0, 0.1) is 0 Å². The van der Waals surface area contributed by atoms with E-state index in [9.17, 15) is 4.79 Å². The van der Waals surface area contributed by atoms with Gasteiger partial charge in [-0.15, -0.1) is 0 Å². The zero-order valence-corrected chi connectivity index (χ0v) is 12.7. The molecule has 0 aliphatic carbocycles. The molecule has 1 fully saturated rings. The number of hydrogen-bond acceptors (Lipinski definition) is 4. The minimum atomic E-state index is 0.467. The van der Waals surface area contributed by atoms with Crippen LogP contribution >= 0.6 is 0 Å². The first kappa shape index (κ1) is 14.7. The highest BCUT2D eigenvalue weighted by Crippen LogP contribution is 2.28. The van der Waals surface area contributed by atoms with Crippen molar-refractivity contribution in [2.75, 3.05) is 20.2 Å². The average molecular weight is 296 g/mol. The molecular formula is C18H20N2O2. The Morgan fingerprint density at radius 2 is 2.27 bits per heavy atom. The molecule has 1 atom stereocenters. The largest absolute Gasteiger partial charge is 0.490 e. The van der Waals surface area contributed by atoms with E-state index in [-0.39, 0.29) is 0 Å². The molecule has 114 valence electrons. The molecule has 4 heteroatoms. The number of aromatic nitrogens is 1. The maximum Gasteiger partial charge on any atom is 0.150 e. The molecular weight excluding hydrogens is 276 g/mol. The van der Waals surface area contributed by atoms with E-state index in [0.29, 0.717) is 18.2 Å². The predicted molar refractivity (Wildman–Crippen MR) is 86.2 cm³/mol. The summed E-state index contributed by atoms with van der Waals surface area (Å²) < 4.78 is 6.03. The van der Waals surface area contributed by atoms with Gasteiger partial charge in [-0.1, -0.05) is 18.2 Å². The fourth-order valence-corrected chi connectivity index (χ4v) is 2.86. The molecule has 1 saturated heterocycles. The number of aldehydes is 1. The lowest BCUT2D eigenvalue weighted by atomic mass is 10.1. The number of carbonyl (C=O) groups is 1. The monoisotopic (exact) mass is 296 g/mol. The van der Waals surface area contributed by atoms with Gasteiger partial charge < -0.3 is 9.64 Å². The number of benzene rings is 1. The minimum absolute atomic E-state index is 0.467. The van der Waals surface area contributed by atoms with Crippen molar-refractivity contribution in [2.24, 2.45) is 0 Å². The van der Waals surface area contributed by atoms with Crippen molar-refractivity contribution in [3.63, 3.8) is 0 Å². The van der Waals surface area contributed by atoms with Crippen molar-refractivity contribution < 1.29 is 9.53 Å². The summed E-state index contributed by atoms with van der Waals surface area (Å²) in [6.07, 6.45) is 5.00. The predicted octanol–water partition coefficient (Wildman–Crippen LogP) is 3.03. The first-order valence-electron chi connectivity index (χ1n) is 7.61. The summed E-state index contributed by atoms with van der Waals surface area (Å²) in [5.74, 6) is 0.769. The number of hydrogen-bond donors (Lipinski definition) is 0. The first-order chi connectivity index (χ1) is 10.8. The lowest BCUT2D eigenvalue weighted by Gasteiger charge is -2.20. The summed E-state index contributed by atoms with van der Waals surface area (Å²) in [4.78, 5) is 17.7. The van der Waals surface area contributed by atoms with Gasteiger partial charge in [0.15, 0.2) is 0 Å². The standard InChI is InChI=1S/C18H20N2O2/c1-20-10-4-7-16(20)13-22-17-8-3-9-19-18(17)15-6-2-5-14(11-15)12-21/h2-3,5-6,8-9,11-12,16H,4,7,10,13H2,1H3/t16-/m0/s1. The molecule has 3 rings (SSSR count). The zero-order chi connectivity index (χ0) is 15.4. The summed E-state index contributed by atoms with van der Waals surface area (Å²) in [7, 11) is 2.14. The quantitative estimate of drug-likeness (QED) is 0.795. The Hall–Kier alpha value is -2.20. The Kier molecular flexibility index (Phi) is 4.49. The van der Waals surface area contributed by atoms with Crippen LogP contribution in [0.15, 0.2) is 42.6 Å². The van der Waals surface area contributed by atoms with Gasteiger partial charge in [-0.2, -0.15) is 0 Å². The van der Waals surface area contributed by atoms with E-state index in [0.717, 1.165) is 29.8 Å². The number of likely N-dealkylation sites (tertiary alicyclic amines) is 1. The summed E-state index contributed by atoms with van der Waals surface area (Å²) in [5.41, 5.74) is 2.33. The van der Waals surface area contributed by atoms with Crippen LogP contribution in [0.1, 0.15) is 23.2 Å². The summed E-state index contributed by atoms with van der Waals surface area (Å²) in [6.45, 7) is 1.80. The highest BCUT2D eigenvalue weighted by atomic mass is 16.5. The van der Waals surface area contributed by atoms with E-state index < -0.39 is 0 Å². The van der Waals surface area contributed by atoms with Crippen LogP contribution in [-0.4, -0.2) is 42.4 Å². The SMILES string of the molecule is CN1CCC[C@H]1COc1cccnc1-c1cccc(C=O)c1. The number of rotatable bonds is 5. The molecule has 4 nitrogen and oxygen atoms in total. The number of nitrogens with zero attached hydrogens (tertiary/aromatic N) is 2. The smallest absolute Gasteiger partial charge is 0.150 e. The second kappa shape index (κ2) is 6.71. The molecule has 0 bridgehead atoms. The lowest BCUT2D eigenvalue weighted by molar-refractivity contribution is 0.112. The third-order valence-corrected chi connectivity index (χ3v) is 4.17. The van der Waals surface area contributed by atoms with E-state index >= 15 is 0 Å². The molecule has 0 unspecified atom stereocenters. The van der Waals surface area contributed by atoms with Crippen molar-refractivity contribution in [3.05, 3.63) is 48.2 Å². The van der Waals surface area contributed by atoms with E-state index in [4.69, 9.17) is 4.74 Å². The number of likely N-dealkylation sites (N-methyl/N-ethyl adjacent to an activating group) is 1. The van der Waals surface area contributed by atoms with Crippen molar-refractivity contribution in [3.8, 4) is 17.0 Å². The first-order valence-corrected chi connectivity index (χ1v) is 7.61. The Morgan fingerprint density at radius 3 is 3.05 bits per heavy atom. The van der Waals surface area contributed by atoms with Gasteiger partial charge in [0.25, 0.3) is 0 Å². The molecule has 1 aliphatic rings. The molecule has 0 spiro atoms. The van der Waals surface area contributed by atoms with Crippen LogP contribution < -0.4 is 4.74 Å². The third kappa shape index (κ3) is 3.17. The fourth-order valence-electron chi connectivity index (χ4n) is 2.86. The minimum Gasteiger partial charge on any atom is -0.490 e. The van der Waals surface area contributed by atoms with Crippen LogP contribution in [0.2, 0.25) is 0 Å². The molecule has 1 aromatic carbocycles. The maximum absolute atomic E-state index is 11.0. The van der Waals surface area contributed by atoms with Crippen LogP contribution in [0.5, 0.6) is 5.75 Å². The Balaban J connectivity index is 1.81. The maximum atomic E-state index is 11.0. The molecule has 1 aliphatic heterocycles. The Labute approximate surface area is 130 Å². The second-order valence-electron chi connectivity index (χ2n) is 5.68. The van der Waals surface area contributed by atoms with Gasteiger partial charge in [0.2, 0.25) is 0 Å². The van der Waals surface area contributed by atoms with Gasteiger partial charge in [-0.05, 0) is 44.6 Å². The van der Waals surface area contributed by atoms with Gasteiger partial charge in [0, 0.05) is 23.4 Å². The van der Waals surface area contributed by atoms with Gasteiger partial charge in [-0.3, -0.25) is 9.78 Å². The highest BCUT2D eigenvalue weighted by Gasteiger charge is 2.21. The van der Waals surface area contributed by atoms with Crippen LogP contribution in [0.25, 0.3) is 11.3 Å². The van der Waals surface area contributed by atoms with Crippen LogP contribution in [-0.2, 0) is 0 Å². The third-order valence-electron chi connectivity index (χ3n) is 4.17. The van der Waals surface area contributed by atoms with Crippen LogP contribution in [0.4, 0.5) is 0 Å². The molecule has 0 radical (unpaired) electrons. The molecule has 0 N–H and O–H groups in total. The molecule has 2 heterocycles. The van der Waals surface area contributed by atoms with Crippen molar-refractivity contribution >= 4 is 6.29 Å². The molecule has 1 aromatic heterocycles. The summed E-state index contributed by atoms with van der Waals surface area (Å²) in [5, 5.41) is 0. The molecule has 0 saturated carbocycles. The second-order valence-corrected chi connectivity index (χ2v) is 5.68. The van der Waals surface area contributed by atoms with Gasteiger partial charge in [0.1, 0.15) is 24.3 Å². The number of pyridine rings is 1. The van der Waals surface area contributed by atoms with E-state index in [2.05, 4.69) is 16.9 Å². The van der Waals surface area contributed by atoms with Crippen molar-refractivity contribution in [2.45, 2.75) is 18.9 Å². The molecule has 22 heavy (non-hydrogen) atoms. The van der Waals surface area contributed by atoms with E-state index in [1.165, 1.54) is 12.8 Å². The van der Waals surface area contributed by atoms with Gasteiger partial charge in [0.05, 0.1) is 0 Å². The van der Waals surface area contributed by atoms with Gasteiger partial charge >= 0.3 is 0 Å². The van der Waals surface area contributed by atoms with Crippen LogP contribution in [0.3, 0.4) is 0 Å². The van der Waals surface area contributed by atoms with E-state index in [1.54, 1.807) is 12.3 Å². The Morgan fingerprint density at radius 1 is 1.36 bits per heavy atom. The van der Waals surface area contributed by atoms with Crippen molar-refractivity contribution in [1.82, 2.24) is 9.88 Å².